The van der Waals surface area contributed by atoms with Crippen LogP contribution in [0.1, 0.15) is 20.1 Å². The number of esters is 1. The molecule has 0 saturated heterocycles. The molecule has 1 aromatic heterocycles. The molecule has 2 rings (SSSR count). The number of carbonyl (C=O) groups is 2. The van der Waals surface area contributed by atoms with Crippen molar-refractivity contribution < 1.29 is 14.3 Å². The maximum atomic E-state index is 12.4. The topological polar surface area (TPSA) is 43.4 Å². The monoisotopic (exact) mass is 372 g/mol. The van der Waals surface area contributed by atoms with Crippen LogP contribution in [0, 0.1) is 0 Å². The van der Waals surface area contributed by atoms with E-state index in [1.54, 1.807) is 30.3 Å². The summed E-state index contributed by atoms with van der Waals surface area (Å²) in [7, 11) is 1.34. The Morgan fingerprint density at radius 2 is 2.05 bits per heavy atom. The molecule has 0 atom stereocenters. The van der Waals surface area contributed by atoms with Crippen LogP contribution < -0.4 is 0 Å². The zero-order chi connectivity index (χ0) is 14.7. The van der Waals surface area contributed by atoms with Crippen molar-refractivity contribution in [1.82, 2.24) is 0 Å². The third kappa shape index (κ3) is 3.29. The van der Waals surface area contributed by atoms with Crippen molar-refractivity contribution in [3.63, 3.8) is 0 Å². The Labute approximate surface area is 133 Å². The van der Waals surface area contributed by atoms with E-state index < -0.39 is 0 Å². The van der Waals surface area contributed by atoms with E-state index in [1.165, 1.54) is 18.4 Å². The summed E-state index contributed by atoms with van der Waals surface area (Å²) in [6.45, 7) is 0. The minimum absolute atomic E-state index is 0.155. The van der Waals surface area contributed by atoms with Gasteiger partial charge < -0.3 is 4.74 Å². The van der Waals surface area contributed by atoms with Crippen LogP contribution in [0.3, 0.4) is 0 Å². The van der Waals surface area contributed by atoms with Crippen molar-refractivity contribution in [3.05, 3.63) is 55.1 Å². The standard InChI is InChI=1S/C14H10BrClO3S/c1-19-12(17)7-8-5-6-11(20-8)14(18)9-3-2-4-10(15)13(9)16/h2-6H,7H2,1H3. The van der Waals surface area contributed by atoms with Crippen LogP contribution in [0.25, 0.3) is 0 Å². The Bertz CT molecular complexity index is 666. The van der Waals surface area contributed by atoms with Gasteiger partial charge >= 0.3 is 5.97 Å². The molecular weight excluding hydrogens is 364 g/mol. The van der Waals surface area contributed by atoms with Gasteiger partial charge in [-0.25, -0.2) is 0 Å². The molecule has 2 aromatic rings. The van der Waals surface area contributed by atoms with E-state index in [4.69, 9.17) is 11.6 Å². The number of rotatable bonds is 4. The molecule has 20 heavy (non-hydrogen) atoms. The zero-order valence-corrected chi connectivity index (χ0v) is 13.6. The second kappa shape index (κ2) is 6.52. The van der Waals surface area contributed by atoms with E-state index in [9.17, 15) is 9.59 Å². The smallest absolute Gasteiger partial charge is 0.310 e. The lowest BCUT2D eigenvalue weighted by Crippen LogP contribution is -2.02. The Morgan fingerprint density at radius 1 is 1.30 bits per heavy atom. The minimum atomic E-state index is -0.327. The van der Waals surface area contributed by atoms with Gasteiger partial charge in [-0.2, -0.15) is 0 Å². The molecule has 1 aromatic carbocycles. The molecule has 0 saturated carbocycles. The number of methoxy groups -OCH3 is 1. The van der Waals surface area contributed by atoms with Crippen LogP contribution in [-0.4, -0.2) is 18.9 Å². The third-order valence-corrected chi connectivity index (χ3v) is 5.01. The lowest BCUT2D eigenvalue weighted by molar-refractivity contribution is -0.139. The zero-order valence-electron chi connectivity index (χ0n) is 10.5. The molecule has 6 heteroatoms. The van der Waals surface area contributed by atoms with Gasteiger partial charge in [-0.15, -0.1) is 11.3 Å². The minimum Gasteiger partial charge on any atom is -0.469 e. The number of ketones is 1. The Balaban J connectivity index is 2.26. The highest BCUT2D eigenvalue weighted by Gasteiger charge is 2.17. The quantitative estimate of drug-likeness (QED) is 0.598. The van der Waals surface area contributed by atoms with Crippen molar-refractivity contribution in [2.75, 3.05) is 7.11 Å². The predicted octanol–water partition coefficient (Wildman–Crippen LogP) is 4.11. The molecule has 3 nitrogen and oxygen atoms in total. The second-order valence-corrected chi connectivity index (χ2v) is 6.35. The number of benzene rings is 1. The van der Waals surface area contributed by atoms with Crippen molar-refractivity contribution >= 4 is 50.6 Å². The molecule has 0 amide bonds. The summed E-state index contributed by atoms with van der Waals surface area (Å²) in [5.41, 5.74) is 0.438. The van der Waals surface area contributed by atoms with Gasteiger partial charge in [-0.05, 0) is 40.2 Å². The Kier molecular flexibility index (Phi) is 4.96. The molecule has 0 aliphatic heterocycles. The highest BCUT2D eigenvalue weighted by molar-refractivity contribution is 9.10. The Hall–Kier alpha value is -1.17. The molecule has 0 aliphatic rings. The number of hydrogen-bond donors (Lipinski definition) is 0. The number of ether oxygens (including phenoxy) is 1. The fourth-order valence-electron chi connectivity index (χ4n) is 1.62. The largest absolute Gasteiger partial charge is 0.469 e. The van der Waals surface area contributed by atoms with Crippen LogP contribution in [0.5, 0.6) is 0 Å². The summed E-state index contributed by atoms with van der Waals surface area (Å²) in [4.78, 5) is 24.9. The summed E-state index contributed by atoms with van der Waals surface area (Å²) >= 11 is 10.7. The predicted molar refractivity (Wildman–Crippen MR) is 82.6 cm³/mol. The average molecular weight is 374 g/mol. The van der Waals surface area contributed by atoms with Crippen LogP contribution in [-0.2, 0) is 16.0 Å². The molecule has 1 heterocycles. The number of halogens is 2. The first-order chi connectivity index (χ1) is 9.52. The first-order valence-corrected chi connectivity index (χ1v) is 7.66. The summed E-state index contributed by atoms with van der Waals surface area (Å²) in [6.07, 6.45) is 0.167. The molecule has 0 spiro atoms. The lowest BCUT2D eigenvalue weighted by atomic mass is 10.1. The van der Waals surface area contributed by atoms with E-state index >= 15 is 0 Å². The Morgan fingerprint density at radius 3 is 2.75 bits per heavy atom. The van der Waals surface area contributed by atoms with Crippen LogP contribution in [0.2, 0.25) is 5.02 Å². The van der Waals surface area contributed by atoms with Gasteiger partial charge in [0.1, 0.15) is 0 Å². The van der Waals surface area contributed by atoms with E-state index in [0.717, 1.165) is 4.88 Å². The molecule has 104 valence electrons. The maximum absolute atomic E-state index is 12.4. The average Bonchev–Trinajstić information content (AvgIpc) is 2.89. The number of thiophene rings is 1. The van der Waals surface area contributed by atoms with E-state index in [0.29, 0.717) is 19.9 Å². The fraction of sp³-hybridized carbons (Fsp3) is 0.143. The molecule has 0 N–H and O–H groups in total. The summed E-state index contributed by atoms with van der Waals surface area (Å²) in [5.74, 6) is -0.483. The van der Waals surface area contributed by atoms with Crippen molar-refractivity contribution in [3.8, 4) is 0 Å². The first kappa shape index (κ1) is 15.2. The summed E-state index contributed by atoms with van der Waals surface area (Å²) < 4.78 is 5.28. The van der Waals surface area contributed by atoms with Crippen LogP contribution in [0.4, 0.5) is 0 Å². The molecule has 0 fully saturated rings. The molecule has 0 radical (unpaired) electrons. The van der Waals surface area contributed by atoms with Gasteiger partial charge in [0.2, 0.25) is 5.78 Å². The summed E-state index contributed by atoms with van der Waals surface area (Å²) in [5, 5.41) is 0.389. The molecule has 0 unspecified atom stereocenters. The number of hydrogen-bond acceptors (Lipinski definition) is 4. The van der Waals surface area contributed by atoms with Gasteiger partial charge in [0, 0.05) is 14.9 Å². The van der Waals surface area contributed by atoms with Crippen molar-refractivity contribution in [2.24, 2.45) is 0 Å². The maximum Gasteiger partial charge on any atom is 0.310 e. The molecule has 0 bridgehead atoms. The fourth-order valence-corrected chi connectivity index (χ4v) is 3.15. The van der Waals surface area contributed by atoms with Crippen LogP contribution in [0.15, 0.2) is 34.8 Å². The second-order valence-electron chi connectivity index (χ2n) is 3.95. The van der Waals surface area contributed by atoms with Gasteiger partial charge in [0.25, 0.3) is 0 Å². The highest BCUT2D eigenvalue weighted by Crippen LogP contribution is 2.29. The van der Waals surface area contributed by atoms with Gasteiger partial charge in [0.15, 0.2) is 0 Å². The summed E-state index contributed by atoms with van der Waals surface area (Å²) in [6, 6.07) is 8.65. The normalized spacial score (nSPS) is 10.3. The van der Waals surface area contributed by atoms with Crippen molar-refractivity contribution in [2.45, 2.75) is 6.42 Å². The first-order valence-electron chi connectivity index (χ1n) is 5.67. The van der Waals surface area contributed by atoms with Gasteiger partial charge in [-0.1, -0.05) is 17.7 Å². The van der Waals surface area contributed by atoms with E-state index in [2.05, 4.69) is 20.7 Å². The van der Waals surface area contributed by atoms with E-state index in [-0.39, 0.29) is 18.2 Å². The van der Waals surface area contributed by atoms with Gasteiger partial charge in [-0.3, -0.25) is 9.59 Å². The van der Waals surface area contributed by atoms with Gasteiger partial charge in [0.05, 0.1) is 23.4 Å². The van der Waals surface area contributed by atoms with Crippen LogP contribution >= 0.6 is 38.9 Å². The highest BCUT2D eigenvalue weighted by atomic mass is 79.9. The lowest BCUT2D eigenvalue weighted by Gasteiger charge is -2.03. The SMILES string of the molecule is COC(=O)Cc1ccc(C(=O)c2cccc(Br)c2Cl)s1. The number of carbonyl (C=O) groups excluding carboxylic acids is 2. The van der Waals surface area contributed by atoms with Crippen molar-refractivity contribution in [1.29, 1.82) is 0 Å². The van der Waals surface area contributed by atoms with E-state index in [1.807, 2.05) is 0 Å². The molecular formula is C14H10BrClO3S. The third-order valence-electron chi connectivity index (χ3n) is 2.63. The molecule has 0 aliphatic carbocycles.